The number of rotatable bonds is 6. The van der Waals surface area contributed by atoms with Crippen LogP contribution in [0.4, 0.5) is 5.69 Å². The summed E-state index contributed by atoms with van der Waals surface area (Å²) in [7, 11) is 0. The van der Waals surface area contributed by atoms with Crippen molar-refractivity contribution in [2.45, 2.75) is 26.4 Å². The third-order valence-electron chi connectivity index (χ3n) is 4.90. The minimum absolute atomic E-state index is 0.124. The first-order valence-corrected chi connectivity index (χ1v) is 11.1. The predicted molar refractivity (Wildman–Crippen MR) is 125 cm³/mol. The molecule has 28 heavy (non-hydrogen) atoms. The summed E-state index contributed by atoms with van der Waals surface area (Å²) in [6, 6.07) is 21.2. The van der Waals surface area contributed by atoms with Gasteiger partial charge in [0, 0.05) is 31.5 Å². The highest BCUT2D eigenvalue weighted by Crippen LogP contribution is 2.36. The number of nitrogens with zero attached hydrogens (tertiary/aromatic N) is 1. The summed E-state index contributed by atoms with van der Waals surface area (Å²) in [6.45, 7) is 4.88. The van der Waals surface area contributed by atoms with Crippen LogP contribution in [0.15, 0.2) is 69.6 Å². The number of fused-ring (bicyclic) bond motifs is 3. The van der Waals surface area contributed by atoms with E-state index in [0.29, 0.717) is 6.61 Å². The maximum atomic E-state index is 5.66. The Hall–Kier alpha value is -1.98. The third kappa shape index (κ3) is 3.65. The monoisotopic (exact) mass is 500 g/mol. The Morgan fingerprint density at radius 2 is 1.54 bits per heavy atom. The topological polar surface area (TPSA) is 26.2 Å². The molecule has 0 aliphatic carbocycles. The Balaban J connectivity index is 1.84. The van der Waals surface area contributed by atoms with Gasteiger partial charge < -0.3 is 14.6 Å². The molecule has 0 fully saturated rings. The van der Waals surface area contributed by atoms with Crippen LogP contribution in [0.25, 0.3) is 21.8 Å². The lowest BCUT2D eigenvalue weighted by atomic mass is 10.2. The average Bonchev–Trinajstić information content (AvgIpc) is 2.99. The van der Waals surface area contributed by atoms with Crippen LogP contribution in [-0.2, 0) is 0 Å². The van der Waals surface area contributed by atoms with Gasteiger partial charge in [-0.1, -0.05) is 44.8 Å². The van der Waals surface area contributed by atoms with Crippen LogP contribution in [0.2, 0.25) is 0 Å². The first kappa shape index (κ1) is 19.3. The summed E-state index contributed by atoms with van der Waals surface area (Å²) in [5.41, 5.74) is 3.50. The standard InChI is InChI=1S/C23H22Br2N2O/c1-3-23(26-17-6-5-7-18(14-17)28-4-2)27-21-10-8-15(24)12-19(21)20-13-16(25)9-11-22(20)27/h5-14,23,26H,3-4H2,1-2H3. The molecule has 1 N–H and O–H groups in total. The first-order valence-electron chi connectivity index (χ1n) is 9.48. The van der Waals surface area contributed by atoms with Gasteiger partial charge in [0.25, 0.3) is 0 Å². The number of hydrogen-bond acceptors (Lipinski definition) is 2. The lowest BCUT2D eigenvalue weighted by Gasteiger charge is -2.23. The van der Waals surface area contributed by atoms with Gasteiger partial charge in [-0.3, -0.25) is 0 Å². The molecule has 0 spiro atoms. The molecule has 3 aromatic carbocycles. The minimum atomic E-state index is 0.124. The number of hydrogen-bond donors (Lipinski definition) is 1. The summed E-state index contributed by atoms with van der Waals surface area (Å²) in [6.07, 6.45) is 1.07. The van der Waals surface area contributed by atoms with Crippen LogP contribution in [0, 0.1) is 0 Å². The number of nitrogens with one attached hydrogen (secondary N) is 1. The van der Waals surface area contributed by atoms with Crippen LogP contribution in [0.3, 0.4) is 0 Å². The molecule has 0 aliphatic rings. The Morgan fingerprint density at radius 1 is 0.893 bits per heavy atom. The van der Waals surface area contributed by atoms with E-state index in [4.69, 9.17) is 4.74 Å². The van der Waals surface area contributed by atoms with Crippen LogP contribution < -0.4 is 10.1 Å². The van der Waals surface area contributed by atoms with E-state index in [9.17, 15) is 0 Å². The van der Waals surface area contributed by atoms with Gasteiger partial charge in [-0.15, -0.1) is 0 Å². The summed E-state index contributed by atoms with van der Waals surface area (Å²) in [5.74, 6) is 0.887. The van der Waals surface area contributed by atoms with Crippen LogP contribution in [0.5, 0.6) is 5.75 Å². The van der Waals surface area contributed by atoms with Crippen molar-refractivity contribution in [3.05, 3.63) is 69.6 Å². The summed E-state index contributed by atoms with van der Waals surface area (Å²) in [4.78, 5) is 0. The Bertz CT molecular complexity index is 1080. The van der Waals surface area contributed by atoms with Crippen molar-refractivity contribution < 1.29 is 4.74 Å². The van der Waals surface area contributed by atoms with Crippen molar-refractivity contribution in [3.63, 3.8) is 0 Å². The second kappa shape index (κ2) is 8.18. The van der Waals surface area contributed by atoms with Gasteiger partial charge in [-0.25, -0.2) is 0 Å². The number of halogens is 2. The van der Waals surface area contributed by atoms with Crippen LogP contribution >= 0.6 is 31.9 Å². The van der Waals surface area contributed by atoms with E-state index < -0.39 is 0 Å². The van der Waals surface area contributed by atoms with Gasteiger partial charge in [-0.05, 0) is 61.9 Å². The quantitative estimate of drug-likeness (QED) is 0.292. The molecule has 0 bridgehead atoms. The van der Waals surface area contributed by atoms with Crippen molar-refractivity contribution in [1.29, 1.82) is 0 Å². The zero-order chi connectivity index (χ0) is 19.7. The molecule has 144 valence electrons. The zero-order valence-electron chi connectivity index (χ0n) is 15.9. The normalized spacial score (nSPS) is 12.4. The molecule has 4 rings (SSSR count). The number of benzene rings is 3. The lowest BCUT2D eigenvalue weighted by molar-refractivity contribution is 0.340. The van der Waals surface area contributed by atoms with E-state index in [1.54, 1.807) is 0 Å². The minimum Gasteiger partial charge on any atom is -0.494 e. The molecule has 4 aromatic rings. The highest BCUT2D eigenvalue weighted by molar-refractivity contribution is 9.10. The van der Waals surface area contributed by atoms with E-state index >= 15 is 0 Å². The van der Waals surface area contributed by atoms with Gasteiger partial charge in [0.05, 0.1) is 17.6 Å². The second-order valence-electron chi connectivity index (χ2n) is 6.72. The van der Waals surface area contributed by atoms with E-state index in [-0.39, 0.29) is 6.17 Å². The fourth-order valence-corrected chi connectivity index (χ4v) is 4.44. The molecule has 1 atom stereocenters. The maximum absolute atomic E-state index is 5.66. The van der Waals surface area contributed by atoms with E-state index in [2.05, 4.69) is 97.2 Å². The summed E-state index contributed by atoms with van der Waals surface area (Å²) >= 11 is 7.25. The molecule has 1 unspecified atom stereocenters. The van der Waals surface area contributed by atoms with Gasteiger partial charge in [-0.2, -0.15) is 0 Å². The molecule has 0 radical (unpaired) electrons. The molecule has 0 aliphatic heterocycles. The van der Waals surface area contributed by atoms with Gasteiger partial charge >= 0.3 is 0 Å². The fraction of sp³-hybridized carbons (Fsp3) is 0.217. The van der Waals surface area contributed by atoms with Gasteiger partial charge in [0.2, 0.25) is 0 Å². The molecule has 0 saturated heterocycles. The summed E-state index contributed by atoms with van der Waals surface area (Å²) in [5, 5.41) is 6.19. The van der Waals surface area contributed by atoms with E-state index in [0.717, 1.165) is 26.8 Å². The molecule has 0 amide bonds. The van der Waals surface area contributed by atoms with E-state index in [1.807, 2.05) is 19.1 Å². The van der Waals surface area contributed by atoms with Crippen molar-refractivity contribution in [2.75, 3.05) is 11.9 Å². The second-order valence-corrected chi connectivity index (χ2v) is 8.55. The van der Waals surface area contributed by atoms with Crippen LogP contribution in [0.1, 0.15) is 26.4 Å². The van der Waals surface area contributed by atoms with Crippen molar-refractivity contribution in [1.82, 2.24) is 4.57 Å². The highest BCUT2D eigenvalue weighted by atomic mass is 79.9. The lowest BCUT2D eigenvalue weighted by Crippen LogP contribution is -2.17. The smallest absolute Gasteiger partial charge is 0.121 e. The van der Waals surface area contributed by atoms with Crippen molar-refractivity contribution in [3.8, 4) is 5.75 Å². The average molecular weight is 502 g/mol. The first-order chi connectivity index (χ1) is 13.6. The van der Waals surface area contributed by atoms with Crippen molar-refractivity contribution in [2.24, 2.45) is 0 Å². The SMILES string of the molecule is CCOc1cccc(NC(CC)n2c3ccc(Br)cc3c3cc(Br)ccc32)c1. The molecule has 3 nitrogen and oxygen atoms in total. The molecule has 0 saturated carbocycles. The number of ether oxygens (including phenoxy) is 1. The number of anilines is 1. The van der Waals surface area contributed by atoms with E-state index in [1.165, 1.54) is 21.8 Å². The maximum Gasteiger partial charge on any atom is 0.121 e. The molecular formula is C23H22Br2N2O. The Morgan fingerprint density at radius 3 is 2.11 bits per heavy atom. The Labute approximate surface area is 181 Å². The zero-order valence-corrected chi connectivity index (χ0v) is 19.0. The van der Waals surface area contributed by atoms with Gasteiger partial charge in [0.1, 0.15) is 11.9 Å². The fourth-order valence-electron chi connectivity index (χ4n) is 3.72. The Kier molecular flexibility index (Phi) is 5.65. The van der Waals surface area contributed by atoms with Gasteiger partial charge in [0.15, 0.2) is 0 Å². The molecule has 1 aromatic heterocycles. The molecule has 1 heterocycles. The van der Waals surface area contributed by atoms with Crippen molar-refractivity contribution >= 4 is 59.4 Å². The predicted octanol–water partition coefficient (Wildman–Crippen LogP) is 7.74. The molecular weight excluding hydrogens is 480 g/mol. The summed E-state index contributed by atoms with van der Waals surface area (Å²) < 4.78 is 10.2. The highest BCUT2D eigenvalue weighted by Gasteiger charge is 2.18. The molecule has 5 heteroatoms. The van der Waals surface area contributed by atoms with Crippen LogP contribution in [-0.4, -0.2) is 11.2 Å². The number of aromatic nitrogens is 1. The largest absolute Gasteiger partial charge is 0.494 e. The third-order valence-corrected chi connectivity index (χ3v) is 5.89.